The van der Waals surface area contributed by atoms with E-state index >= 15 is 0 Å². The maximum Gasteiger partial charge on any atom is 0.273 e. The highest BCUT2D eigenvalue weighted by Gasteiger charge is 2.18. The number of benzene rings is 2. The summed E-state index contributed by atoms with van der Waals surface area (Å²) in [5.41, 5.74) is 2.39. The fourth-order valence-corrected chi connectivity index (χ4v) is 3.35. The van der Waals surface area contributed by atoms with Gasteiger partial charge in [-0.2, -0.15) is 0 Å². The molecule has 0 atom stereocenters. The van der Waals surface area contributed by atoms with E-state index in [1.54, 1.807) is 24.2 Å². The zero-order valence-electron chi connectivity index (χ0n) is 18.8. The predicted molar refractivity (Wildman–Crippen MR) is 126 cm³/mol. The molecule has 0 radical (unpaired) electrons. The highest BCUT2D eigenvalue weighted by molar-refractivity contribution is 5.92. The van der Waals surface area contributed by atoms with Gasteiger partial charge in [-0.05, 0) is 36.1 Å². The van der Waals surface area contributed by atoms with Gasteiger partial charge in [0, 0.05) is 25.6 Å². The summed E-state index contributed by atoms with van der Waals surface area (Å²) in [5.74, 6) is 0.914. The lowest BCUT2D eigenvalue weighted by Crippen LogP contribution is -2.30. The number of methoxy groups -OCH3 is 1. The number of nitrogens with zero attached hydrogens (tertiary/aromatic N) is 2. The summed E-state index contributed by atoms with van der Waals surface area (Å²) in [6.07, 6.45) is 3.39. The van der Waals surface area contributed by atoms with Crippen molar-refractivity contribution in [3.05, 3.63) is 95.9 Å². The van der Waals surface area contributed by atoms with Gasteiger partial charge >= 0.3 is 0 Å². The second kappa shape index (κ2) is 12.2. The van der Waals surface area contributed by atoms with Crippen LogP contribution in [0.2, 0.25) is 0 Å². The molecule has 2 amide bonds. The summed E-state index contributed by atoms with van der Waals surface area (Å²) in [6.45, 7) is 4.81. The first-order valence-electron chi connectivity index (χ1n) is 10.9. The van der Waals surface area contributed by atoms with Crippen LogP contribution in [0.15, 0.2) is 77.8 Å². The number of carbonyl (C=O) groups is 2. The molecule has 0 saturated carbocycles. The summed E-state index contributed by atoms with van der Waals surface area (Å²) < 4.78 is 10.5. The Labute approximate surface area is 194 Å². The van der Waals surface area contributed by atoms with Crippen LogP contribution in [0, 0.1) is 0 Å². The van der Waals surface area contributed by atoms with E-state index in [1.807, 2.05) is 54.6 Å². The summed E-state index contributed by atoms with van der Waals surface area (Å²) in [7, 11) is 1.62. The molecule has 7 nitrogen and oxygen atoms in total. The van der Waals surface area contributed by atoms with Crippen LogP contribution in [0.1, 0.15) is 33.8 Å². The van der Waals surface area contributed by atoms with Crippen molar-refractivity contribution < 1.29 is 18.8 Å². The van der Waals surface area contributed by atoms with Gasteiger partial charge in [0.2, 0.25) is 5.91 Å². The molecule has 2 aromatic carbocycles. The molecule has 0 bridgehead atoms. The molecule has 172 valence electrons. The fraction of sp³-hybridized carbons (Fsp3) is 0.269. The third-order valence-corrected chi connectivity index (χ3v) is 5.17. The van der Waals surface area contributed by atoms with Crippen molar-refractivity contribution >= 4 is 11.8 Å². The molecule has 3 aromatic rings. The summed E-state index contributed by atoms with van der Waals surface area (Å²) in [5, 5.41) is 6.70. The van der Waals surface area contributed by atoms with Gasteiger partial charge in [-0.3, -0.25) is 9.59 Å². The Kier molecular flexibility index (Phi) is 8.82. The second-order valence-electron chi connectivity index (χ2n) is 7.58. The molecule has 0 aliphatic carbocycles. The van der Waals surface area contributed by atoms with Crippen LogP contribution in [0.3, 0.4) is 0 Å². The van der Waals surface area contributed by atoms with Gasteiger partial charge in [0.1, 0.15) is 5.75 Å². The summed E-state index contributed by atoms with van der Waals surface area (Å²) in [4.78, 5) is 26.7. The lowest BCUT2D eigenvalue weighted by molar-refractivity contribution is -0.131. The van der Waals surface area contributed by atoms with Crippen molar-refractivity contribution in [1.29, 1.82) is 0 Å². The van der Waals surface area contributed by atoms with E-state index in [2.05, 4.69) is 17.1 Å². The van der Waals surface area contributed by atoms with Crippen LogP contribution in [-0.2, 0) is 24.2 Å². The fourth-order valence-electron chi connectivity index (χ4n) is 3.35. The Morgan fingerprint density at radius 2 is 1.82 bits per heavy atom. The molecule has 1 aromatic heterocycles. The minimum atomic E-state index is -0.316. The largest absolute Gasteiger partial charge is 0.497 e. The Morgan fingerprint density at radius 3 is 2.52 bits per heavy atom. The van der Waals surface area contributed by atoms with Gasteiger partial charge in [-0.15, -0.1) is 6.58 Å². The first-order chi connectivity index (χ1) is 16.1. The van der Waals surface area contributed by atoms with Gasteiger partial charge in [-0.25, -0.2) is 0 Å². The van der Waals surface area contributed by atoms with Crippen LogP contribution in [0.25, 0.3) is 0 Å². The lowest BCUT2D eigenvalue weighted by Gasteiger charge is -2.19. The maximum absolute atomic E-state index is 12.7. The highest BCUT2D eigenvalue weighted by Crippen LogP contribution is 2.13. The molecule has 0 saturated heterocycles. The summed E-state index contributed by atoms with van der Waals surface area (Å²) in [6, 6.07) is 19.1. The number of amides is 2. The molecule has 3 rings (SSSR count). The quantitative estimate of drug-likeness (QED) is 0.427. The number of hydrogen-bond acceptors (Lipinski definition) is 5. The number of nitrogens with one attached hydrogen (secondary N) is 1. The van der Waals surface area contributed by atoms with E-state index in [0.717, 1.165) is 16.9 Å². The van der Waals surface area contributed by atoms with Crippen molar-refractivity contribution in [1.82, 2.24) is 15.4 Å². The molecular weight excluding hydrogens is 418 g/mol. The standard InChI is InChI=1S/C26H29N3O4/c1-3-17-29(25(30)14-11-20-7-5-4-6-8-20)19-23-18-24(28-33-23)26(31)27-16-15-21-9-12-22(32-2)13-10-21/h3-10,12-13,18H,1,11,14-17,19H2,2H3,(H,27,31). The first kappa shape index (κ1) is 23.8. The van der Waals surface area contributed by atoms with Gasteiger partial charge in [0.25, 0.3) is 5.91 Å². The van der Waals surface area contributed by atoms with E-state index in [-0.39, 0.29) is 24.1 Å². The third kappa shape index (κ3) is 7.35. The first-order valence-corrected chi connectivity index (χ1v) is 10.9. The molecule has 1 N–H and O–H groups in total. The minimum Gasteiger partial charge on any atom is -0.497 e. The highest BCUT2D eigenvalue weighted by atomic mass is 16.5. The number of ether oxygens (including phenoxy) is 1. The van der Waals surface area contributed by atoms with E-state index in [9.17, 15) is 9.59 Å². The zero-order chi connectivity index (χ0) is 23.5. The van der Waals surface area contributed by atoms with Crippen LogP contribution in [0.4, 0.5) is 0 Å². The van der Waals surface area contributed by atoms with Gasteiger partial charge in [0.05, 0.1) is 13.7 Å². The normalized spacial score (nSPS) is 10.5. The van der Waals surface area contributed by atoms with Crippen molar-refractivity contribution in [3.8, 4) is 5.75 Å². The predicted octanol–water partition coefficient (Wildman–Crippen LogP) is 3.80. The number of aryl methyl sites for hydroxylation is 1. The van der Waals surface area contributed by atoms with Gasteiger partial charge in [-0.1, -0.05) is 53.7 Å². The number of carbonyl (C=O) groups excluding carboxylic acids is 2. The Morgan fingerprint density at radius 1 is 1.09 bits per heavy atom. The van der Waals surface area contributed by atoms with Crippen LogP contribution >= 0.6 is 0 Å². The second-order valence-corrected chi connectivity index (χ2v) is 7.58. The molecule has 1 heterocycles. The van der Waals surface area contributed by atoms with E-state index in [4.69, 9.17) is 9.26 Å². The monoisotopic (exact) mass is 447 g/mol. The van der Waals surface area contributed by atoms with Crippen LogP contribution < -0.4 is 10.1 Å². The Hall–Kier alpha value is -3.87. The van der Waals surface area contributed by atoms with E-state index in [0.29, 0.717) is 38.1 Å². The Bertz CT molecular complexity index is 1040. The Balaban J connectivity index is 1.49. The minimum absolute atomic E-state index is 0.0133. The van der Waals surface area contributed by atoms with Crippen molar-refractivity contribution in [3.63, 3.8) is 0 Å². The maximum atomic E-state index is 12.7. The van der Waals surface area contributed by atoms with Crippen molar-refractivity contribution in [2.45, 2.75) is 25.8 Å². The van der Waals surface area contributed by atoms with Crippen LogP contribution in [0.5, 0.6) is 5.75 Å². The van der Waals surface area contributed by atoms with E-state index in [1.165, 1.54) is 0 Å². The summed E-state index contributed by atoms with van der Waals surface area (Å²) >= 11 is 0. The average molecular weight is 448 g/mol. The van der Waals surface area contributed by atoms with Gasteiger partial charge in [0.15, 0.2) is 11.5 Å². The van der Waals surface area contributed by atoms with E-state index < -0.39 is 0 Å². The van der Waals surface area contributed by atoms with Crippen LogP contribution in [-0.4, -0.2) is 42.1 Å². The third-order valence-electron chi connectivity index (χ3n) is 5.17. The molecule has 0 aliphatic heterocycles. The molecule has 0 spiro atoms. The molecule has 0 fully saturated rings. The molecule has 0 unspecified atom stereocenters. The van der Waals surface area contributed by atoms with Crippen molar-refractivity contribution in [2.75, 3.05) is 20.2 Å². The average Bonchev–Trinajstić information content (AvgIpc) is 3.32. The van der Waals surface area contributed by atoms with Crippen molar-refractivity contribution in [2.24, 2.45) is 0 Å². The molecule has 0 aliphatic rings. The molecule has 7 heteroatoms. The molecule has 33 heavy (non-hydrogen) atoms. The zero-order valence-corrected chi connectivity index (χ0v) is 18.8. The smallest absolute Gasteiger partial charge is 0.273 e. The lowest BCUT2D eigenvalue weighted by atomic mass is 10.1. The molecular formula is C26H29N3O4. The topological polar surface area (TPSA) is 84.7 Å². The SMILES string of the molecule is C=CCN(Cc1cc(C(=O)NCCc2ccc(OC)cc2)no1)C(=O)CCc1ccccc1. The van der Waals surface area contributed by atoms with Gasteiger partial charge < -0.3 is 19.5 Å². The number of rotatable bonds is 12. The number of aromatic nitrogens is 1. The number of hydrogen-bond donors (Lipinski definition) is 1.